The van der Waals surface area contributed by atoms with Gasteiger partial charge in [-0.3, -0.25) is 0 Å². The molecule has 0 aliphatic rings. The Kier molecular flexibility index (Phi) is 5.91. The smallest absolute Gasteiger partial charge is 0.319 e. The van der Waals surface area contributed by atoms with Crippen LogP contribution in [0.2, 0.25) is 0 Å². The Morgan fingerprint density at radius 2 is 1.82 bits per heavy atom. The minimum absolute atomic E-state index is 0.309. The first-order chi connectivity index (χ1) is 13.6. The van der Waals surface area contributed by atoms with E-state index in [0.29, 0.717) is 46.3 Å². The molecule has 1 aromatic heterocycles. The standard InChI is InChI=1S/C20H20N4O4/c1-4-9-21-20(25)24-13-5-7-14(8-6-13)28-19-15-10-17(26-2)18(27-3)11-16(15)22-12-23-19/h4-8,10-12H,1,9H2,2-3H3,(H2,21,24,25). The number of urea groups is 1. The summed E-state index contributed by atoms with van der Waals surface area (Å²) in [5.41, 5.74) is 1.30. The average Bonchev–Trinajstić information content (AvgIpc) is 2.72. The van der Waals surface area contributed by atoms with Crippen molar-refractivity contribution in [2.75, 3.05) is 26.1 Å². The topological polar surface area (TPSA) is 94.6 Å². The number of rotatable bonds is 7. The number of methoxy groups -OCH3 is 2. The number of amides is 2. The highest BCUT2D eigenvalue weighted by Crippen LogP contribution is 2.35. The molecule has 0 radical (unpaired) electrons. The number of aromatic nitrogens is 2. The van der Waals surface area contributed by atoms with E-state index < -0.39 is 0 Å². The van der Waals surface area contributed by atoms with E-state index in [2.05, 4.69) is 27.2 Å². The molecule has 2 amide bonds. The second-order valence-electron chi connectivity index (χ2n) is 5.65. The second kappa shape index (κ2) is 8.72. The number of anilines is 1. The summed E-state index contributed by atoms with van der Waals surface area (Å²) in [5.74, 6) is 2.08. The fourth-order valence-corrected chi connectivity index (χ4v) is 2.50. The van der Waals surface area contributed by atoms with Crippen molar-refractivity contribution in [2.45, 2.75) is 0 Å². The predicted octanol–water partition coefficient (Wildman–Crippen LogP) is 3.75. The highest BCUT2D eigenvalue weighted by atomic mass is 16.5. The van der Waals surface area contributed by atoms with Crippen LogP contribution < -0.4 is 24.8 Å². The van der Waals surface area contributed by atoms with Crippen molar-refractivity contribution in [1.29, 1.82) is 0 Å². The van der Waals surface area contributed by atoms with Gasteiger partial charge in [0.25, 0.3) is 0 Å². The molecule has 28 heavy (non-hydrogen) atoms. The molecule has 0 aliphatic heterocycles. The number of benzene rings is 2. The zero-order chi connectivity index (χ0) is 19.9. The maximum absolute atomic E-state index is 11.7. The minimum Gasteiger partial charge on any atom is -0.493 e. The van der Waals surface area contributed by atoms with Crippen molar-refractivity contribution in [2.24, 2.45) is 0 Å². The molecule has 8 heteroatoms. The zero-order valence-corrected chi connectivity index (χ0v) is 15.6. The van der Waals surface area contributed by atoms with E-state index in [4.69, 9.17) is 14.2 Å². The van der Waals surface area contributed by atoms with Gasteiger partial charge in [0.1, 0.15) is 12.1 Å². The van der Waals surface area contributed by atoms with Gasteiger partial charge in [0.2, 0.25) is 5.88 Å². The van der Waals surface area contributed by atoms with Gasteiger partial charge in [-0.2, -0.15) is 0 Å². The predicted molar refractivity (Wildman–Crippen MR) is 106 cm³/mol. The molecule has 8 nitrogen and oxygen atoms in total. The summed E-state index contributed by atoms with van der Waals surface area (Å²) in [6, 6.07) is 10.2. The second-order valence-corrected chi connectivity index (χ2v) is 5.65. The number of carbonyl (C=O) groups excluding carboxylic acids is 1. The van der Waals surface area contributed by atoms with Crippen LogP contribution in [0.25, 0.3) is 10.9 Å². The van der Waals surface area contributed by atoms with Crippen molar-refractivity contribution < 1.29 is 19.0 Å². The van der Waals surface area contributed by atoms with Crippen molar-refractivity contribution >= 4 is 22.6 Å². The monoisotopic (exact) mass is 380 g/mol. The van der Waals surface area contributed by atoms with Crippen molar-refractivity contribution in [3.8, 4) is 23.1 Å². The van der Waals surface area contributed by atoms with E-state index in [1.54, 1.807) is 56.7 Å². The number of carbonyl (C=O) groups is 1. The molecule has 3 aromatic rings. The van der Waals surface area contributed by atoms with Crippen LogP contribution in [0, 0.1) is 0 Å². The Hall–Kier alpha value is -3.81. The third-order valence-electron chi connectivity index (χ3n) is 3.84. The molecule has 0 spiro atoms. The molecule has 144 valence electrons. The maximum atomic E-state index is 11.7. The SMILES string of the molecule is C=CCNC(=O)Nc1ccc(Oc2ncnc3cc(OC)c(OC)cc23)cc1. The van der Waals surface area contributed by atoms with Crippen LogP contribution in [-0.2, 0) is 0 Å². The number of nitrogens with one attached hydrogen (secondary N) is 2. The van der Waals surface area contributed by atoms with Gasteiger partial charge in [0, 0.05) is 18.3 Å². The van der Waals surface area contributed by atoms with Crippen LogP contribution in [0.5, 0.6) is 23.1 Å². The van der Waals surface area contributed by atoms with Crippen molar-refractivity contribution in [3.63, 3.8) is 0 Å². The van der Waals surface area contributed by atoms with E-state index in [9.17, 15) is 4.79 Å². The lowest BCUT2D eigenvalue weighted by Gasteiger charge is -2.12. The number of hydrogen-bond acceptors (Lipinski definition) is 6. The molecular formula is C20H20N4O4. The van der Waals surface area contributed by atoms with Gasteiger partial charge in [-0.1, -0.05) is 6.08 Å². The first-order valence-corrected chi connectivity index (χ1v) is 8.45. The molecule has 0 bridgehead atoms. The summed E-state index contributed by atoms with van der Waals surface area (Å²) < 4.78 is 16.5. The van der Waals surface area contributed by atoms with Gasteiger partial charge in [-0.25, -0.2) is 14.8 Å². The van der Waals surface area contributed by atoms with E-state index in [1.807, 2.05) is 0 Å². The van der Waals surface area contributed by atoms with Crippen LogP contribution >= 0.6 is 0 Å². The highest BCUT2D eigenvalue weighted by molar-refractivity contribution is 5.89. The number of hydrogen-bond donors (Lipinski definition) is 2. The van der Waals surface area contributed by atoms with Crippen molar-refractivity contribution in [1.82, 2.24) is 15.3 Å². The van der Waals surface area contributed by atoms with E-state index in [-0.39, 0.29) is 6.03 Å². The largest absolute Gasteiger partial charge is 0.493 e. The van der Waals surface area contributed by atoms with Crippen LogP contribution in [0.3, 0.4) is 0 Å². The molecule has 2 aromatic carbocycles. The third kappa shape index (κ3) is 4.29. The maximum Gasteiger partial charge on any atom is 0.319 e. The molecule has 3 rings (SSSR count). The molecule has 0 saturated heterocycles. The van der Waals surface area contributed by atoms with E-state index in [0.717, 1.165) is 0 Å². The van der Waals surface area contributed by atoms with Gasteiger partial charge >= 0.3 is 6.03 Å². The molecular weight excluding hydrogens is 360 g/mol. The number of nitrogens with zero attached hydrogens (tertiary/aromatic N) is 2. The van der Waals surface area contributed by atoms with Crippen LogP contribution in [0.1, 0.15) is 0 Å². The molecule has 0 saturated carbocycles. The number of fused-ring (bicyclic) bond motifs is 1. The summed E-state index contributed by atoms with van der Waals surface area (Å²) in [6.07, 6.45) is 3.02. The third-order valence-corrected chi connectivity index (χ3v) is 3.84. The molecule has 0 aliphatic carbocycles. The van der Waals surface area contributed by atoms with Gasteiger partial charge in [-0.05, 0) is 30.3 Å². The zero-order valence-electron chi connectivity index (χ0n) is 15.6. The lowest BCUT2D eigenvalue weighted by atomic mass is 10.2. The summed E-state index contributed by atoms with van der Waals surface area (Å²) in [7, 11) is 3.13. The molecule has 1 heterocycles. The molecule has 0 unspecified atom stereocenters. The van der Waals surface area contributed by atoms with Gasteiger partial charge < -0.3 is 24.8 Å². The van der Waals surface area contributed by atoms with Crippen LogP contribution in [0.4, 0.5) is 10.5 Å². The van der Waals surface area contributed by atoms with Gasteiger partial charge in [0.15, 0.2) is 11.5 Å². The number of ether oxygens (including phenoxy) is 3. The van der Waals surface area contributed by atoms with E-state index in [1.165, 1.54) is 6.33 Å². The fraction of sp³-hybridized carbons (Fsp3) is 0.150. The lowest BCUT2D eigenvalue weighted by molar-refractivity contribution is 0.253. The fourth-order valence-electron chi connectivity index (χ4n) is 2.50. The normalized spacial score (nSPS) is 10.2. The molecule has 2 N–H and O–H groups in total. The summed E-state index contributed by atoms with van der Waals surface area (Å²) in [5, 5.41) is 6.04. The quantitative estimate of drug-likeness (QED) is 0.606. The Labute approximate surface area is 162 Å². The summed E-state index contributed by atoms with van der Waals surface area (Å²) >= 11 is 0. The van der Waals surface area contributed by atoms with Crippen molar-refractivity contribution in [3.05, 3.63) is 55.4 Å². The van der Waals surface area contributed by atoms with Crippen LogP contribution in [-0.4, -0.2) is 36.8 Å². The Bertz CT molecular complexity index is 989. The lowest BCUT2D eigenvalue weighted by Crippen LogP contribution is -2.28. The Balaban J connectivity index is 1.80. The highest BCUT2D eigenvalue weighted by Gasteiger charge is 2.12. The van der Waals surface area contributed by atoms with E-state index >= 15 is 0 Å². The molecule has 0 fully saturated rings. The first kappa shape index (κ1) is 19.0. The Morgan fingerprint density at radius 3 is 2.50 bits per heavy atom. The van der Waals surface area contributed by atoms with Gasteiger partial charge in [0.05, 0.1) is 25.1 Å². The summed E-state index contributed by atoms with van der Waals surface area (Å²) in [4.78, 5) is 20.1. The first-order valence-electron chi connectivity index (χ1n) is 8.45. The van der Waals surface area contributed by atoms with Gasteiger partial charge in [-0.15, -0.1) is 6.58 Å². The average molecular weight is 380 g/mol. The van der Waals surface area contributed by atoms with Crippen LogP contribution in [0.15, 0.2) is 55.4 Å². The Morgan fingerprint density at radius 1 is 1.11 bits per heavy atom. The minimum atomic E-state index is -0.309. The molecule has 0 atom stereocenters. The summed E-state index contributed by atoms with van der Waals surface area (Å²) in [6.45, 7) is 3.94.